The molecule has 5 aliphatic carbocycles. The van der Waals surface area contributed by atoms with Gasteiger partial charge in [0.1, 0.15) is 5.41 Å². The predicted molar refractivity (Wildman–Crippen MR) is 137 cm³/mol. The number of fused-ring (bicyclic) bond motifs is 7. The van der Waals surface area contributed by atoms with Crippen LogP contribution in [0.2, 0.25) is 0 Å². The first-order valence-electron chi connectivity index (χ1n) is 14.1. The lowest BCUT2D eigenvalue weighted by Gasteiger charge is -2.72. The standard InChI is InChI=1S/C30H48O6/c1-25(2)11-12-30(24(35)36)18(13-25)17-7-8-21-26(3)14-19(32)23(34)27(4,16-31)20(26)9-10-28(21,5)29(17,6)15-22(30)33/h7,18-23,31-34H,8-16H2,1-6H3,(H,35,36)/t18-,19+,20?,21-,22-,23+,26+,27+,28-,29-,30-/m1/s1. The van der Waals surface area contributed by atoms with Gasteiger partial charge in [0.25, 0.3) is 0 Å². The van der Waals surface area contributed by atoms with E-state index in [9.17, 15) is 30.3 Å². The number of rotatable bonds is 2. The monoisotopic (exact) mass is 504 g/mol. The van der Waals surface area contributed by atoms with Gasteiger partial charge in [-0.2, -0.15) is 0 Å². The highest BCUT2D eigenvalue weighted by atomic mass is 16.4. The van der Waals surface area contributed by atoms with Crippen molar-refractivity contribution in [2.75, 3.05) is 6.61 Å². The van der Waals surface area contributed by atoms with E-state index in [-0.39, 0.29) is 46.0 Å². The van der Waals surface area contributed by atoms with Crippen molar-refractivity contribution >= 4 is 5.97 Å². The molecule has 0 saturated heterocycles. The second-order valence-corrected chi connectivity index (χ2v) is 15.2. The maximum Gasteiger partial charge on any atom is 0.312 e. The van der Waals surface area contributed by atoms with E-state index < -0.39 is 35.1 Å². The van der Waals surface area contributed by atoms with Gasteiger partial charge in [-0.3, -0.25) is 4.79 Å². The Labute approximate surface area is 216 Å². The van der Waals surface area contributed by atoms with E-state index >= 15 is 0 Å². The zero-order valence-electron chi connectivity index (χ0n) is 23.0. The van der Waals surface area contributed by atoms with Crippen molar-refractivity contribution in [3.05, 3.63) is 11.6 Å². The third-order valence-electron chi connectivity index (χ3n) is 13.2. The fourth-order valence-electron chi connectivity index (χ4n) is 10.9. The maximum atomic E-state index is 12.8. The molecule has 0 amide bonds. The van der Waals surface area contributed by atoms with Crippen LogP contribution in [0.1, 0.15) is 92.9 Å². The van der Waals surface area contributed by atoms with E-state index in [1.54, 1.807) is 0 Å². The largest absolute Gasteiger partial charge is 0.481 e. The molecule has 0 aliphatic heterocycles. The predicted octanol–water partition coefficient (Wildman–Crippen LogP) is 4.15. The van der Waals surface area contributed by atoms with Gasteiger partial charge in [-0.15, -0.1) is 0 Å². The Bertz CT molecular complexity index is 974. The summed E-state index contributed by atoms with van der Waals surface area (Å²) in [6.07, 6.45) is 5.13. The normalized spacial score (nSPS) is 55.9. The summed E-state index contributed by atoms with van der Waals surface area (Å²) in [7, 11) is 0. The molecule has 4 saturated carbocycles. The molecular weight excluding hydrogens is 456 g/mol. The quantitative estimate of drug-likeness (QED) is 0.361. The number of hydrogen-bond donors (Lipinski definition) is 5. The number of hydrogen-bond acceptors (Lipinski definition) is 5. The van der Waals surface area contributed by atoms with Gasteiger partial charge in [-0.25, -0.2) is 0 Å². The molecular formula is C30H48O6. The molecule has 6 nitrogen and oxygen atoms in total. The molecule has 1 unspecified atom stereocenters. The van der Waals surface area contributed by atoms with Gasteiger partial charge in [0.05, 0.1) is 24.9 Å². The summed E-state index contributed by atoms with van der Waals surface area (Å²) in [4.78, 5) is 12.8. The minimum atomic E-state index is -1.12. The minimum Gasteiger partial charge on any atom is -0.481 e. The van der Waals surface area contributed by atoms with Crippen LogP contribution in [0.25, 0.3) is 0 Å². The van der Waals surface area contributed by atoms with Crippen LogP contribution in [0.15, 0.2) is 11.6 Å². The fourth-order valence-corrected chi connectivity index (χ4v) is 10.9. The van der Waals surface area contributed by atoms with Crippen molar-refractivity contribution in [3.8, 4) is 0 Å². The van der Waals surface area contributed by atoms with Gasteiger partial charge >= 0.3 is 5.97 Å². The van der Waals surface area contributed by atoms with E-state index in [0.717, 1.165) is 32.1 Å². The molecule has 204 valence electrons. The van der Waals surface area contributed by atoms with E-state index in [1.165, 1.54) is 5.57 Å². The van der Waals surface area contributed by atoms with Crippen molar-refractivity contribution in [2.24, 2.45) is 50.2 Å². The van der Waals surface area contributed by atoms with Gasteiger partial charge in [0.15, 0.2) is 0 Å². The summed E-state index contributed by atoms with van der Waals surface area (Å²) in [6.45, 7) is 13.1. The molecule has 0 radical (unpaired) electrons. The van der Waals surface area contributed by atoms with Crippen LogP contribution in [-0.2, 0) is 4.79 Å². The number of carboxylic acid groups (broad SMARTS) is 1. The van der Waals surface area contributed by atoms with Crippen LogP contribution in [0.4, 0.5) is 0 Å². The summed E-state index contributed by atoms with van der Waals surface area (Å²) in [6, 6.07) is 0. The van der Waals surface area contributed by atoms with Crippen molar-refractivity contribution < 1.29 is 30.3 Å². The first kappa shape index (κ1) is 26.6. The Kier molecular flexibility index (Phi) is 5.77. The first-order valence-corrected chi connectivity index (χ1v) is 14.1. The third kappa shape index (κ3) is 3.02. The Hall–Kier alpha value is -0.950. The number of aliphatic carboxylic acids is 1. The average molecular weight is 505 g/mol. The number of aliphatic hydroxyl groups excluding tert-OH is 4. The Morgan fingerprint density at radius 3 is 2.22 bits per heavy atom. The van der Waals surface area contributed by atoms with Crippen LogP contribution in [0.5, 0.6) is 0 Å². The summed E-state index contributed by atoms with van der Waals surface area (Å²) in [5, 5.41) is 54.5. The van der Waals surface area contributed by atoms with E-state index in [2.05, 4.69) is 40.7 Å². The highest BCUT2D eigenvalue weighted by Crippen LogP contribution is 2.75. The number of aliphatic hydroxyl groups is 4. The summed E-state index contributed by atoms with van der Waals surface area (Å²) < 4.78 is 0. The third-order valence-corrected chi connectivity index (χ3v) is 13.2. The number of carboxylic acids is 1. The van der Waals surface area contributed by atoms with Crippen molar-refractivity contribution in [1.82, 2.24) is 0 Å². The lowest BCUT2D eigenvalue weighted by Crippen LogP contribution is -2.69. The highest BCUT2D eigenvalue weighted by Gasteiger charge is 2.72. The van der Waals surface area contributed by atoms with Gasteiger partial charge in [-0.05, 0) is 90.8 Å². The van der Waals surface area contributed by atoms with Crippen LogP contribution in [0.3, 0.4) is 0 Å². The minimum absolute atomic E-state index is 0.0242. The van der Waals surface area contributed by atoms with Crippen LogP contribution < -0.4 is 0 Å². The summed E-state index contributed by atoms with van der Waals surface area (Å²) in [5.41, 5.74) is -1.44. The van der Waals surface area contributed by atoms with Gasteiger partial charge in [0.2, 0.25) is 0 Å². The summed E-state index contributed by atoms with van der Waals surface area (Å²) in [5.74, 6) is -0.765. The molecule has 5 aliphatic rings. The number of allylic oxidation sites excluding steroid dienone is 2. The molecule has 5 rings (SSSR count). The molecule has 36 heavy (non-hydrogen) atoms. The molecule has 0 aromatic rings. The lowest BCUT2D eigenvalue weighted by molar-refractivity contribution is -0.248. The van der Waals surface area contributed by atoms with Crippen LogP contribution in [-0.4, -0.2) is 56.4 Å². The zero-order valence-corrected chi connectivity index (χ0v) is 23.0. The molecule has 4 fully saturated rings. The molecule has 11 atom stereocenters. The maximum absolute atomic E-state index is 12.8. The van der Waals surface area contributed by atoms with Gasteiger partial charge < -0.3 is 25.5 Å². The molecule has 6 heteroatoms. The number of carbonyl (C=O) groups is 1. The molecule has 0 heterocycles. The molecule has 0 aromatic heterocycles. The van der Waals surface area contributed by atoms with E-state index in [0.29, 0.717) is 19.3 Å². The Balaban J connectivity index is 1.64. The zero-order chi connectivity index (χ0) is 26.7. The average Bonchev–Trinajstić information content (AvgIpc) is 2.77. The SMILES string of the molecule is CC1(C)CC[C@]2(C(=O)O)[C@H](O)C[C@]3(C)C(=CC[C@@H]4[C@@]5(C)C[C@H](O)[C@H](O)[C@@](C)(CO)C5CC[C@]43C)[C@H]2C1. The smallest absolute Gasteiger partial charge is 0.312 e. The topological polar surface area (TPSA) is 118 Å². The van der Waals surface area contributed by atoms with Crippen molar-refractivity contribution in [3.63, 3.8) is 0 Å². The second kappa shape index (κ2) is 7.80. The van der Waals surface area contributed by atoms with Gasteiger partial charge in [0, 0.05) is 5.41 Å². The van der Waals surface area contributed by atoms with Crippen molar-refractivity contribution in [2.45, 2.75) is 111 Å². The van der Waals surface area contributed by atoms with E-state index in [1.807, 2.05) is 6.92 Å². The van der Waals surface area contributed by atoms with Gasteiger partial charge in [-0.1, -0.05) is 53.2 Å². The molecule has 0 bridgehead atoms. The summed E-state index contributed by atoms with van der Waals surface area (Å²) >= 11 is 0. The van der Waals surface area contributed by atoms with Crippen LogP contribution in [0, 0.1) is 50.2 Å². The van der Waals surface area contributed by atoms with Crippen LogP contribution >= 0.6 is 0 Å². The van der Waals surface area contributed by atoms with E-state index in [4.69, 9.17) is 0 Å². The molecule has 0 spiro atoms. The Morgan fingerprint density at radius 2 is 1.61 bits per heavy atom. The Morgan fingerprint density at radius 1 is 0.944 bits per heavy atom. The highest BCUT2D eigenvalue weighted by molar-refractivity contribution is 5.77. The lowest BCUT2D eigenvalue weighted by atomic mass is 9.33. The second-order valence-electron chi connectivity index (χ2n) is 15.2. The first-order chi connectivity index (χ1) is 16.5. The molecule has 5 N–H and O–H groups in total. The fraction of sp³-hybridized carbons (Fsp3) is 0.900. The molecule has 0 aromatic carbocycles. The van der Waals surface area contributed by atoms with Crippen molar-refractivity contribution in [1.29, 1.82) is 0 Å².